The molecule has 4 heteroatoms. The van der Waals surface area contributed by atoms with Crippen molar-refractivity contribution in [2.45, 2.75) is 6.92 Å². The molecule has 0 unspecified atom stereocenters. The van der Waals surface area contributed by atoms with Crippen LogP contribution in [0.4, 0.5) is 0 Å². The molecule has 1 aromatic rings. The third-order valence-corrected chi connectivity index (χ3v) is 2.38. The van der Waals surface area contributed by atoms with Gasteiger partial charge in [0.2, 0.25) is 0 Å². The summed E-state index contributed by atoms with van der Waals surface area (Å²) in [5, 5.41) is 2.56. The smallest absolute Gasteiger partial charge is 0.255 e. The first-order valence-corrected chi connectivity index (χ1v) is 5.45. The lowest BCUT2D eigenvalue weighted by Crippen LogP contribution is -2.19. The van der Waals surface area contributed by atoms with Gasteiger partial charge in [0.25, 0.3) is 5.91 Å². The van der Waals surface area contributed by atoms with E-state index in [9.17, 15) is 9.59 Å². The molecule has 0 aromatic heterocycles. The summed E-state index contributed by atoms with van der Waals surface area (Å²) < 4.78 is 0. The molecular weight excluding hydrogens is 222 g/mol. The summed E-state index contributed by atoms with van der Waals surface area (Å²) in [4.78, 5) is 22.7. The summed E-state index contributed by atoms with van der Waals surface area (Å²) in [6, 6.07) is 8.81. The molecule has 0 bridgehead atoms. The quantitative estimate of drug-likeness (QED) is 0.617. The molecule has 84 valence electrons. The summed E-state index contributed by atoms with van der Waals surface area (Å²) in [5.41, 5.74) is 1.04. The fourth-order valence-corrected chi connectivity index (χ4v) is 1.40. The third kappa shape index (κ3) is 3.55. The number of ketones is 1. The molecule has 0 atom stereocenters. The van der Waals surface area contributed by atoms with Crippen LogP contribution in [-0.2, 0) is 4.79 Å². The lowest BCUT2D eigenvalue weighted by Gasteiger charge is -2.02. The van der Waals surface area contributed by atoms with E-state index in [1.54, 1.807) is 24.3 Å². The van der Waals surface area contributed by atoms with Gasteiger partial charge < -0.3 is 5.32 Å². The lowest BCUT2D eigenvalue weighted by atomic mass is 10.2. The van der Waals surface area contributed by atoms with E-state index in [1.165, 1.54) is 13.1 Å². The van der Waals surface area contributed by atoms with Crippen molar-refractivity contribution in [2.24, 2.45) is 0 Å². The number of nitrogens with one attached hydrogen (secondary N) is 1. The predicted molar refractivity (Wildman–Crippen MR) is 66.5 cm³/mol. The Hall–Kier alpha value is -1.55. The van der Waals surface area contributed by atoms with Crippen LogP contribution in [0.1, 0.15) is 17.3 Å². The Morgan fingerprint density at radius 3 is 2.44 bits per heavy atom. The third-order valence-electron chi connectivity index (χ3n) is 2.04. The largest absolute Gasteiger partial charge is 0.328 e. The molecule has 0 heterocycles. The van der Waals surface area contributed by atoms with Crippen molar-refractivity contribution < 1.29 is 9.59 Å². The molecule has 0 spiro atoms. The number of carbonyl (C=O) groups is 2. The first-order chi connectivity index (χ1) is 7.65. The standard InChI is InChI=1S/C12H13NO2S/c1-9(14)11(8-16)7-13-12(15)10-5-3-2-4-6-10/h2-7,16H,8H2,1H3,(H,13,15)/b11-7+. The van der Waals surface area contributed by atoms with Gasteiger partial charge in [0.15, 0.2) is 5.78 Å². The topological polar surface area (TPSA) is 46.2 Å². The maximum Gasteiger partial charge on any atom is 0.255 e. The molecule has 16 heavy (non-hydrogen) atoms. The number of hydrogen-bond acceptors (Lipinski definition) is 3. The van der Waals surface area contributed by atoms with Crippen molar-refractivity contribution in [3.05, 3.63) is 47.7 Å². The molecule has 0 radical (unpaired) electrons. The van der Waals surface area contributed by atoms with Crippen LogP contribution in [0.15, 0.2) is 42.1 Å². The van der Waals surface area contributed by atoms with Gasteiger partial charge in [0.1, 0.15) is 0 Å². The normalized spacial score (nSPS) is 11.0. The summed E-state index contributed by atoms with van der Waals surface area (Å²) in [7, 11) is 0. The van der Waals surface area contributed by atoms with Crippen molar-refractivity contribution in [3.63, 3.8) is 0 Å². The van der Waals surface area contributed by atoms with E-state index in [-0.39, 0.29) is 11.7 Å². The highest BCUT2D eigenvalue weighted by molar-refractivity contribution is 7.80. The fraction of sp³-hybridized carbons (Fsp3) is 0.167. The molecule has 0 aliphatic rings. The minimum Gasteiger partial charge on any atom is -0.328 e. The Morgan fingerprint density at radius 2 is 1.94 bits per heavy atom. The highest BCUT2D eigenvalue weighted by Crippen LogP contribution is 2.00. The van der Waals surface area contributed by atoms with Gasteiger partial charge in [-0.2, -0.15) is 12.6 Å². The van der Waals surface area contributed by atoms with Gasteiger partial charge in [-0.1, -0.05) is 18.2 Å². The van der Waals surface area contributed by atoms with Crippen LogP contribution in [0.2, 0.25) is 0 Å². The van der Waals surface area contributed by atoms with Crippen LogP contribution >= 0.6 is 12.6 Å². The Morgan fingerprint density at radius 1 is 1.31 bits per heavy atom. The predicted octanol–water partition coefficient (Wildman–Crippen LogP) is 1.82. The second-order valence-electron chi connectivity index (χ2n) is 3.22. The van der Waals surface area contributed by atoms with E-state index in [4.69, 9.17) is 0 Å². The van der Waals surface area contributed by atoms with Crippen molar-refractivity contribution >= 4 is 24.3 Å². The number of benzene rings is 1. The minimum absolute atomic E-state index is 0.0941. The Balaban J connectivity index is 2.69. The average molecular weight is 235 g/mol. The number of amides is 1. The fourth-order valence-electron chi connectivity index (χ4n) is 1.08. The highest BCUT2D eigenvalue weighted by Gasteiger charge is 2.04. The van der Waals surface area contributed by atoms with Gasteiger partial charge in [0, 0.05) is 23.1 Å². The molecular formula is C12H13NO2S. The van der Waals surface area contributed by atoms with E-state index >= 15 is 0 Å². The molecule has 1 N–H and O–H groups in total. The molecule has 0 fully saturated rings. The highest BCUT2D eigenvalue weighted by atomic mass is 32.1. The summed E-state index contributed by atoms with van der Waals surface area (Å²) in [6.07, 6.45) is 1.41. The number of thiol groups is 1. The van der Waals surface area contributed by atoms with Crippen LogP contribution in [0.3, 0.4) is 0 Å². The van der Waals surface area contributed by atoms with E-state index in [0.29, 0.717) is 16.9 Å². The molecule has 0 aliphatic heterocycles. The summed E-state index contributed by atoms with van der Waals surface area (Å²) >= 11 is 4.00. The summed E-state index contributed by atoms with van der Waals surface area (Å²) in [6.45, 7) is 1.44. The molecule has 1 rings (SSSR count). The second-order valence-corrected chi connectivity index (χ2v) is 3.54. The SMILES string of the molecule is CC(=O)/C(=C/NC(=O)c1ccccc1)CS. The van der Waals surface area contributed by atoms with Gasteiger partial charge in [-0.05, 0) is 19.1 Å². The molecule has 1 aromatic carbocycles. The van der Waals surface area contributed by atoms with Crippen LogP contribution in [0, 0.1) is 0 Å². The zero-order valence-corrected chi connectivity index (χ0v) is 9.83. The van der Waals surface area contributed by atoms with Crippen molar-refractivity contribution in [3.8, 4) is 0 Å². The van der Waals surface area contributed by atoms with Crippen molar-refractivity contribution in [1.29, 1.82) is 0 Å². The van der Waals surface area contributed by atoms with Gasteiger partial charge >= 0.3 is 0 Å². The van der Waals surface area contributed by atoms with Crippen molar-refractivity contribution in [2.75, 3.05) is 5.75 Å². The monoisotopic (exact) mass is 235 g/mol. The van der Waals surface area contributed by atoms with E-state index < -0.39 is 0 Å². The van der Waals surface area contributed by atoms with E-state index in [2.05, 4.69) is 17.9 Å². The minimum atomic E-state index is -0.235. The zero-order chi connectivity index (χ0) is 12.0. The van der Waals surface area contributed by atoms with Gasteiger partial charge in [-0.15, -0.1) is 0 Å². The maximum atomic E-state index is 11.6. The molecule has 3 nitrogen and oxygen atoms in total. The zero-order valence-electron chi connectivity index (χ0n) is 8.93. The number of carbonyl (C=O) groups excluding carboxylic acids is 2. The van der Waals surface area contributed by atoms with Crippen LogP contribution in [0.25, 0.3) is 0 Å². The van der Waals surface area contributed by atoms with E-state index in [1.807, 2.05) is 6.07 Å². The van der Waals surface area contributed by atoms with Crippen molar-refractivity contribution in [1.82, 2.24) is 5.32 Å². The molecule has 0 aliphatic carbocycles. The lowest BCUT2D eigenvalue weighted by molar-refractivity contribution is -0.113. The maximum absolute atomic E-state index is 11.6. The molecule has 0 saturated heterocycles. The van der Waals surface area contributed by atoms with Crippen LogP contribution in [0.5, 0.6) is 0 Å². The van der Waals surface area contributed by atoms with Gasteiger partial charge in [-0.3, -0.25) is 9.59 Å². The van der Waals surface area contributed by atoms with Crippen LogP contribution in [-0.4, -0.2) is 17.4 Å². The van der Waals surface area contributed by atoms with Gasteiger partial charge in [0.05, 0.1) is 0 Å². The summed E-state index contributed by atoms with van der Waals surface area (Å²) in [5.74, 6) is -0.0192. The molecule has 1 amide bonds. The first kappa shape index (κ1) is 12.5. The Labute approximate surface area is 100.0 Å². The Kier molecular flexibility index (Phi) is 4.79. The number of hydrogen-bond donors (Lipinski definition) is 2. The van der Waals surface area contributed by atoms with Gasteiger partial charge in [-0.25, -0.2) is 0 Å². The number of Topliss-reactive ketones (excluding diaryl/α,β-unsaturated/α-hetero) is 1. The Bertz CT molecular complexity index is 412. The molecule has 0 saturated carbocycles. The average Bonchev–Trinajstić information content (AvgIpc) is 2.30. The van der Waals surface area contributed by atoms with Crippen LogP contribution < -0.4 is 5.32 Å². The number of rotatable bonds is 4. The van der Waals surface area contributed by atoms with E-state index in [0.717, 1.165) is 0 Å². The second kappa shape index (κ2) is 6.12. The first-order valence-electron chi connectivity index (χ1n) is 4.82.